The number of urea groups is 1. The number of aryl methyl sites for hydroxylation is 1. The molecule has 0 spiro atoms. The number of hydrogen-bond acceptors (Lipinski definition) is 6. The Morgan fingerprint density at radius 2 is 1.61 bits per heavy atom. The van der Waals surface area contributed by atoms with E-state index in [1.54, 1.807) is 13.0 Å². The summed E-state index contributed by atoms with van der Waals surface area (Å²) in [6.45, 7) is 5.23. The van der Waals surface area contributed by atoms with Crippen molar-refractivity contribution in [1.29, 1.82) is 0 Å². The zero-order valence-electron chi connectivity index (χ0n) is 19.4. The highest BCUT2D eigenvalue weighted by Gasteiger charge is 2.51. The summed E-state index contributed by atoms with van der Waals surface area (Å²) in [6, 6.07) is 2.58. The smallest absolute Gasteiger partial charge is 0.321 e. The quantitative estimate of drug-likeness (QED) is 0.656. The van der Waals surface area contributed by atoms with Gasteiger partial charge in [0, 0.05) is 36.6 Å². The molecular formula is C23H34N4O4S2. The molecule has 1 saturated heterocycles. The van der Waals surface area contributed by atoms with Crippen molar-refractivity contribution >= 4 is 33.3 Å². The Bertz CT molecular complexity index is 994. The van der Waals surface area contributed by atoms with Crippen LogP contribution in [-0.4, -0.2) is 67.3 Å². The number of sulfonamides is 1. The Balaban J connectivity index is 1.13. The molecule has 0 unspecified atom stereocenters. The van der Waals surface area contributed by atoms with Gasteiger partial charge < -0.3 is 5.32 Å². The minimum Gasteiger partial charge on any atom is -0.332 e. The van der Waals surface area contributed by atoms with Crippen LogP contribution in [0.2, 0.25) is 0 Å². The Morgan fingerprint density at radius 1 is 1.03 bits per heavy atom. The van der Waals surface area contributed by atoms with E-state index in [1.165, 1.54) is 34.9 Å². The molecule has 5 fully saturated rings. The normalized spacial score (nSPS) is 33.1. The highest BCUT2D eigenvalue weighted by atomic mass is 32.2. The molecule has 182 valence electrons. The third-order valence-electron chi connectivity index (χ3n) is 8.16. The van der Waals surface area contributed by atoms with Crippen LogP contribution in [0.1, 0.15) is 50.3 Å². The molecule has 10 heteroatoms. The van der Waals surface area contributed by atoms with Crippen LogP contribution in [0.4, 0.5) is 4.79 Å². The van der Waals surface area contributed by atoms with E-state index >= 15 is 0 Å². The van der Waals surface area contributed by atoms with E-state index < -0.39 is 16.1 Å². The summed E-state index contributed by atoms with van der Waals surface area (Å²) in [5.74, 6) is 1.83. The lowest BCUT2D eigenvalue weighted by Crippen LogP contribution is -2.63. The number of piperazine rings is 1. The molecule has 4 bridgehead atoms. The van der Waals surface area contributed by atoms with Gasteiger partial charge in [-0.25, -0.2) is 13.2 Å². The molecule has 0 radical (unpaired) electrons. The second kappa shape index (κ2) is 8.62. The lowest BCUT2D eigenvalue weighted by atomic mass is 9.53. The van der Waals surface area contributed by atoms with Gasteiger partial charge in [-0.2, -0.15) is 4.31 Å². The van der Waals surface area contributed by atoms with Gasteiger partial charge >= 0.3 is 6.03 Å². The van der Waals surface area contributed by atoms with Gasteiger partial charge in [0.1, 0.15) is 4.21 Å². The van der Waals surface area contributed by atoms with Crippen molar-refractivity contribution in [2.24, 2.45) is 17.8 Å². The molecule has 1 aliphatic heterocycles. The number of nitrogens with zero attached hydrogens (tertiary/aromatic N) is 2. The SMILES string of the molecule is Cc1ccc(S(=O)(=O)N2CCN([C@@H](C)C(=O)NC(=O)NC34CC5CC(CC(C5)C3)C4)CC2)s1. The zero-order valence-corrected chi connectivity index (χ0v) is 21.0. The molecule has 33 heavy (non-hydrogen) atoms. The number of carbonyl (C=O) groups is 2. The number of hydrogen-bond donors (Lipinski definition) is 2. The number of thiophene rings is 1. The van der Waals surface area contributed by atoms with Crippen molar-refractivity contribution in [3.8, 4) is 0 Å². The molecule has 3 amide bonds. The third-order valence-corrected chi connectivity index (χ3v) is 11.5. The summed E-state index contributed by atoms with van der Waals surface area (Å²) in [7, 11) is -3.50. The van der Waals surface area contributed by atoms with Crippen molar-refractivity contribution < 1.29 is 18.0 Å². The van der Waals surface area contributed by atoms with Gasteiger partial charge in [-0.05, 0) is 82.3 Å². The molecule has 2 N–H and O–H groups in total. The largest absolute Gasteiger partial charge is 0.332 e. The van der Waals surface area contributed by atoms with Crippen molar-refractivity contribution in [1.82, 2.24) is 19.8 Å². The number of imide groups is 1. The highest BCUT2D eigenvalue weighted by molar-refractivity contribution is 7.91. The zero-order chi connectivity index (χ0) is 23.4. The van der Waals surface area contributed by atoms with Crippen LogP contribution < -0.4 is 10.6 Å². The fourth-order valence-corrected chi connectivity index (χ4v) is 9.79. The Hall–Kier alpha value is -1.49. The Kier molecular flexibility index (Phi) is 6.08. The number of nitrogens with one attached hydrogen (secondary N) is 2. The van der Waals surface area contributed by atoms with Crippen LogP contribution in [0.15, 0.2) is 16.3 Å². The van der Waals surface area contributed by atoms with E-state index in [0.29, 0.717) is 30.4 Å². The molecule has 5 aliphatic rings. The predicted octanol–water partition coefficient (Wildman–Crippen LogP) is 2.55. The van der Waals surface area contributed by atoms with Gasteiger partial charge in [-0.15, -0.1) is 11.3 Å². The summed E-state index contributed by atoms with van der Waals surface area (Å²) in [5, 5.41) is 5.75. The summed E-state index contributed by atoms with van der Waals surface area (Å²) in [5.41, 5.74) is -0.136. The van der Waals surface area contributed by atoms with Gasteiger partial charge in [-0.3, -0.25) is 15.0 Å². The molecule has 6 rings (SSSR count). The van der Waals surface area contributed by atoms with E-state index in [0.717, 1.165) is 41.9 Å². The summed E-state index contributed by atoms with van der Waals surface area (Å²) in [6.07, 6.45) is 7.01. The molecule has 2 heterocycles. The molecule has 4 aliphatic carbocycles. The molecule has 0 aromatic carbocycles. The lowest BCUT2D eigenvalue weighted by Gasteiger charge is -2.56. The van der Waals surface area contributed by atoms with Crippen molar-refractivity contribution in [3.63, 3.8) is 0 Å². The second-order valence-electron chi connectivity index (χ2n) is 10.6. The first-order chi connectivity index (χ1) is 15.6. The van der Waals surface area contributed by atoms with Gasteiger partial charge in [0.2, 0.25) is 5.91 Å². The number of rotatable bonds is 5. The fraction of sp³-hybridized carbons (Fsp3) is 0.739. The first-order valence-electron chi connectivity index (χ1n) is 12.1. The summed E-state index contributed by atoms with van der Waals surface area (Å²) >= 11 is 1.28. The van der Waals surface area contributed by atoms with Crippen LogP contribution in [-0.2, 0) is 14.8 Å². The van der Waals surface area contributed by atoms with Gasteiger partial charge in [0.05, 0.1) is 6.04 Å². The predicted molar refractivity (Wildman–Crippen MR) is 126 cm³/mol. The molecular weight excluding hydrogens is 460 g/mol. The van der Waals surface area contributed by atoms with Crippen LogP contribution in [0, 0.1) is 24.7 Å². The van der Waals surface area contributed by atoms with Crippen LogP contribution >= 0.6 is 11.3 Å². The van der Waals surface area contributed by atoms with Crippen LogP contribution in [0.5, 0.6) is 0 Å². The molecule has 4 saturated carbocycles. The van der Waals surface area contributed by atoms with E-state index in [1.807, 2.05) is 17.9 Å². The second-order valence-corrected chi connectivity index (χ2v) is 14.1. The third kappa shape index (κ3) is 4.59. The topological polar surface area (TPSA) is 98.8 Å². The lowest BCUT2D eigenvalue weighted by molar-refractivity contribution is -0.125. The van der Waals surface area contributed by atoms with Crippen LogP contribution in [0.3, 0.4) is 0 Å². The Morgan fingerprint density at radius 3 is 2.12 bits per heavy atom. The van der Waals surface area contributed by atoms with Crippen molar-refractivity contribution in [3.05, 3.63) is 17.0 Å². The molecule has 1 aromatic heterocycles. The summed E-state index contributed by atoms with van der Waals surface area (Å²) < 4.78 is 27.5. The van der Waals surface area contributed by atoms with Crippen molar-refractivity contribution in [2.45, 2.75) is 68.2 Å². The maximum atomic E-state index is 12.8. The standard InChI is InChI=1S/C23H34N4O4S2/c1-15-3-4-20(32-15)33(30,31)27-7-5-26(6-8-27)16(2)21(28)24-22(29)25-23-12-17-9-18(13-23)11-19(10-17)14-23/h3-4,16-19H,5-14H2,1-2H3,(H2,24,25,28,29)/t16-,17?,18?,19?,23?/m0/s1. The monoisotopic (exact) mass is 494 g/mol. The maximum absolute atomic E-state index is 12.8. The van der Waals surface area contributed by atoms with Gasteiger partial charge in [0.15, 0.2) is 0 Å². The van der Waals surface area contributed by atoms with Gasteiger partial charge in [0.25, 0.3) is 10.0 Å². The van der Waals surface area contributed by atoms with Crippen molar-refractivity contribution in [2.75, 3.05) is 26.2 Å². The van der Waals surface area contributed by atoms with Crippen LogP contribution in [0.25, 0.3) is 0 Å². The first kappa shape index (κ1) is 23.3. The summed E-state index contributed by atoms with van der Waals surface area (Å²) in [4.78, 5) is 28.4. The van der Waals surface area contributed by atoms with E-state index in [9.17, 15) is 18.0 Å². The first-order valence-corrected chi connectivity index (χ1v) is 14.3. The molecule has 8 nitrogen and oxygen atoms in total. The molecule has 1 atom stereocenters. The minimum atomic E-state index is -3.50. The Labute approximate surface area is 200 Å². The maximum Gasteiger partial charge on any atom is 0.321 e. The molecule has 1 aromatic rings. The minimum absolute atomic E-state index is 0.136. The highest BCUT2D eigenvalue weighted by Crippen LogP contribution is 2.55. The van der Waals surface area contributed by atoms with E-state index in [-0.39, 0.29) is 17.5 Å². The average Bonchev–Trinajstić information content (AvgIpc) is 3.19. The average molecular weight is 495 g/mol. The number of amides is 3. The number of carbonyl (C=O) groups excluding carboxylic acids is 2. The van der Waals surface area contributed by atoms with E-state index in [2.05, 4.69) is 10.6 Å². The fourth-order valence-electron chi connectivity index (χ4n) is 6.93. The van der Waals surface area contributed by atoms with E-state index in [4.69, 9.17) is 0 Å². The van der Waals surface area contributed by atoms with Gasteiger partial charge in [-0.1, -0.05) is 0 Å².